The molecule has 31 rings (SSSR count). The molecule has 3 aromatic heterocycles. The van der Waals surface area contributed by atoms with Crippen LogP contribution in [-0.2, 0) is 0 Å². The van der Waals surface area contributed by atoms with Crippen molar-refractivity contribution in [3.63, 3.8) is 0 Å². The van der Waals surface area contributed by atoms with Gasteiger partial charge in [-0.15, -0.1) is 0 Å². The summed E-state index contributed by atoms with van der Waals surface area (Å²) < 4.78 is 14.9. The van der Waals surface area contributed by atoms with E-state index in [1.165, 1.54) is 219 Å². The molecule has 0 atom stereocenters. The van der Waals surface area contributed by atoms with Crippen molar-refractivity contribution in [2.45, 2.75) is 0 Å². The Morgan fingerprint density at radius 2 is 0.413 bits per heavy atom. The zero-order valence-electron chi connectivity index (χ0n) is 74.6. The first kappa shape index (κ1) is 77.1. The molecule has 6 aliphatic rings. The van der Waals surface area contributed by atoms with Crippen molar-refractivity contribution >= 4 is 163 Å². The smallest absolute Gasteiger partial charge is 0.0645 e. The van der Waals surface area contributed by atoms with Gasteiger partial charge in [0, 0.05) is 147 Å². The van der Waals surface area contributed by atoms with Gasteiger partial charge in [-0.05, 0) is 239 Å². The van der Waals surface area contributed by atoms with Crippen molar-refractivity contribution in [1.29, 1.82) is 0 Å². The van der Waals surface area contributed by atoms with E-state index in [1.54, 1.807) is 0 Å². The van der Waals surface area contributed by atoms with Crippen LogP contribution in [0.2, 0.25) is 0 Å². The zero-order chi connectivity index (χ0) is 90.3. The van der Waals surface area contributed by atoms with Gasteiger partial charge in [0.15, 0.2) is 0 Å². The molecule has 0 radical (unpaired) electrons. The zero-order valence-corrected chi connectivity index (χ0v) is 74.6. The van der Waals surface area contributed by atoms with Gasteiger partial charge in [-0.3, -0.25) is 15.0 Å². The van der Waals surface area contributed by atoms with Crippen molar-refractivity contribution in [2.75, 3.05) is 0 Å². The van der Waals surface area contributed by atoms with Gasteiger partial charge in [0.2, 0.25) is 0 Å². The molecule has 0 bridgehead atoms. The van der Waals surface area contributed by atoms with Gasteiger partial charge in [-0.25, -0.2) is 0 Å². The first-order valence-electron chi connectivity index (χ1n) is 47.3. The Balaban J connectivity index is 0.000000100. The standard InChI is InChI=1S/C46H28N4.C43H27N3.C40H24N2/c1-2-13-33(14-3-1)49-39-18-7-17-36-38(32-12-8-22-47-27-32)26-42-46(44(36)39)45-41(49)25-37(31-21-20-29-10-4-5-11-30(29)24-31)35-16-6-19-40(43(35)45)50(42)34-15-9-23-48-28-34;1-4-13-28(14-5-1)34-25-38-42-40-32(34)20-10-22-36(40)46(31-18-8-3-9-19-31)39-26-35(29-15-12-24-44-27-29)33-21-11-23-37(41(33)43(39)42)45(38)30-16-6-2-7-17-30;1-3-13-25(14-4-1)41-33-23-11-21-29-28-18-8-10-20-32(28)40-38(35(29)33)37-36-30(27-17-7-9-19-31(27)39(37)41)22-12-24-34(36)42(40)26-15-5-2-6-16-26/h1-28H;1-27H;1-24H. The van der Waals surface area contributed by atoms with E-state index in [4.69, 9.17) is 0 Å². The van der Waals surface area contributed by atoms with Crippen LogP contribution in [0.4, 0.5) is 0 Å². The maximum atomic E-state index is 4.61. The molecule has 0 fully saturated rings. The molecule has 9 heterocycles. The van der Waals surface area contributed by atoms with E-state index in [-0.39, 0.29) is 0 Å². The van der Waals surface area contributed by atoms with Crippen LogP contribution in [0.3, 0.4) is 0 Å². The summed E-state index contributed by atoms with van der Waals surface area (Å²) in [7, 11) is 0. The Morgan fingerprint density at radius 1 is 0.145 bits per heavy atom. The summed E-state index contributed by atoms with van der Waals surface area (Å²) in [6, 6.07) is 161. The minimum Gasteiger partial charge on any atom is -0.309 e. The molecule has 0 N–H and O–H groups in total. The second-order valence-corrected chi connectivity index (χ2v) is 36.3. The van der Waals surface area contributed by atoms with Crippen LogP contribution < -0.4 is 0 Å². The number of hydrogen-bond donors (Lipinski definition) is 0. The first-order chi connectivity index (χ1) is 68.6. The highest BCUT2D eigenvalue weighted by Crippen LogP contribution is 2.59. The number of benzene rings is 22. The van der Waals surface area contributed by atoms with Crippen LogP contribution in [0.5, 0.6) is 0 Å². The van der Waals surface area contributed by atoms with E-state index in [9.17, 15) is 0 Å². The third kappa shape index (κ3) is 11.3. The fourth-order valence-corrected chi connectivity index (χ4v) is 23.7. The van der Waals surface area contributed by atoms with Crippen LogP contribution in [0.15, 0.2) is 480 Å². The topological polar surface area (TPSA) is 68.2 Å². The Kier molecular flexibility index (Phi) is 17.0. The lowest BCUT2D eigenvalue weighted by atomic mass is 9.82. The summed E-state index contributed by atoms with van der Waals surface area (Å²) >= 11 is 0. The predicted molar refractivity (Wildman–Crippen MR) is 576 cm³/mol. The molecule has 0 unspecified atom stereocenters. The van der Waals surface area contributed by atoms with Gasteiger partial charge in [0.25, 0.3) is 0 Å². The van der Waals surface area contributed by atoms with E-state index in [0.29, 0.717) is 0 Å². The van der Waals surface area contributed by atoms with Gasteiger partial charge >= 0.3 is 0 Å². The van der Waals surface area contributed by atoms with Crippen molar-refractivity contribution in [3.8, 4) is 112 Å². The Bertz CT molecular complexity index is 9730. The largest absolute Gasteiger partial charge is 0.309 e. The third-order valence-corrected chi connectivity index (χ3v) is 29.2. The van der Waals surface area contributed by atoms with Crippen LogP contribution in [0.1, 0.15) is 0 Å². The highest BCUT2D eigenvalue weighted by molar-refractivity contribution is 6.39. The lowest BCUT2D eigenvalue weighted by Gasteiger charge is -2.31. The quantitative estimate of drug-likeness (QED) is 0.101. The van der Waals surface area contributed by atoms with E-state index in [1.807, 2.05) is 55.4 Å². The van der Waals surface area contributed by atoms with E-state index in [2.05, 4.69) is 467 Å². The predicted octanol–water partition coefficient (Wildman–Crippen LogP) is 33.6. The monoisotopic (exact) mass is 1750 g/mol. The SMILES string of the molecule is c1ccc(-c2cc3c4c5c2cccc5n(-c2ccccc2)c2cc(-c5cccnc5)c5cccc(c5c2-4)n3-c2ccccc2)cc1.c1ccc(-n2c3cc(-c4ccc5ccccc5c4)c4cccc5c4c3-c3c4c(cccc42)c(-c2cccnc2)cc3n5-c2cccnc2)cc1.c1ccc(-n2c3cccc4c5ccccc5c5c(c43)-c3c4c(cccc4n5-c4ccccc4)c4ccccc4c32)cc1. The number of fused-ring (bicyclic) bond motifs is 7. The average Bonchev–Trinajstić information content (AvgIpc) is 0.664. The molecular weight excluding hydrogens is 1680 g/mol. The summed E-state index contributed by atoms with van der Waals surface area (Å²) in [6.07, 6.45) is 11.5. The van der Waals surface area contributed by atoms with Crippen molar-refractivity contribution in [1.82, 2.24) is 42.4 Å². The van der Waals surface area contributed by atoms with Gasteiger partial charge in [0.1, 0.15) is 0 Å². The number of nitrogens with zero attached hydrogens (tertiary/aromatic N) is 9. The van der Waals surface area contributed by atoms with Gasteiger partial charge in [0.05, 0.1) is 78.1 Å². The molecule has 0 saturated heterocycles. The minimum absolute atomic E-state index is 1.03. The highest BCUT2D eigenvalue weighted by Gasteiger charge is 2.36. The Labute approximate surface area is 792 Å². The molecule has 0 aliphatic carbocycles. The molecule has 25 aromatic rings. The number of hydrogen-bond acceptors (Lipinski definition) is 3. The molecular formula is C129H79N9. The Morgan fingerprint density at radius 3 is 0.775 bits per heavy atom. The van der Waals surface area contributed by atoms with Crippen molar-refractivity contribution < 1.29 is 0 Å². The van der Waals surface area contributed by atoms with Crippen molar-refractivity contribution in [3.05, 3.63) is 480 Å². The third-order valence-electron chi connectivity index (χ3n) is 29.2. The maximum Gasteiger partial charge on any atom is 0.0645 e. The molecule has 138 heavy (non-hydrogen) atoms. The summed E-state index contributed by atoms with van der Waals surface area (Å²) in [6.45, 7) is 0. The maximum absolute atomic E-state index is 4.61. The van der Waals surface area contributed by atoms with Crippen LogP contribution in [-0.4, -0.2) is 42.4 Å². The van der Waals surface area contributed by atoms with Gasteiger partial charge < -0.3 is 27.4 Å². The molecule has 22 aromatic carbocycles. The summed E-state index contributed by atoms with van der Waals surface area (Å²) in [4.78, 5) is 13.7. The molecule has 640 valence electrons. The fraction of sp³-hybridized carbons (Fsp3) is 0. The number of rotatable bonds is 10. The van der Waals surface area contributed by atoms with Crippen LogP contribution in [0, 0.1) is 0 Å². The number of pyridine rings is 9. The van der Waals surface area contributed by atoms with Crippen molar-refractivity contribution in [2.24, 2.45) is 0 Å². The number of aromatic nitrogens is 9. The van der Waals surface area contributed by atoms with E-state index in [0.717, 1.165) is 56.0 Å². The normalized spacial score (nSPS) is 12.1. The van der Waals surface area contributed by atoms with Crippen LogP contribution in [0.25, 0.3) is 275 Å². The lowest BCUT2D eigenvalue weighted by Crippen LogP contribution is -2.11. The molecule has 6 aliphatic heterocycles. The summed E-state index contributed by atoms with van der Waals surface area (Å²) in [5, 5.41) is 22.7. The summed E-state index contributed by atoms with van der Waals surface area (Å²) in [5.74, 6) is 0. The van der Waals surface area contributed by atoms with Crippen LogP contribution >= 0.6 is 0 Å². The lowest BCUT2D eigenvalue weighted by molar-refractivity contribution is 1.12. The fourth-order valence-electron chi connectivity index (χ4n) is 23.7. The molecule has 0 amide bonds. The molecule has 9 heteroatoms. The first-order valence-corrected chi connectivity index (χ1v) is 47.3. The second-order valence-electron chi connectivity index (χ2n) is 36.3. The van der Waals surface area contributed by atoms with Gasteiger partial charge in [-0.1, -0.05) is 291 Å². The highest BCUT2D eigenvalue weighted by atomic mass is 15.0. The second kappa shape index (κ2) is 30.5. The number of para-hydroxylation sites is 5. The van der Waals surface area contributed by atoms with E-state index >= 15 is 0 Å². The Hall–Kier alpha value is -18.6. The van der Waals surface area contributed by atoms with Gasteiger partial charge in [-0.2, -0.15) is 0 Å². The minimum atomic E-state index is 1.03. The molecule has 9 nitrogen and oxygen atoms in total. The average molecular weight is 1760 g/mol. The molecule has 0 saturated carbocycles. The van der Waals surface area contributed by atoms with E-state index < -0.39 is 0 Å². The molecule has 0 spiro atoms. The summed E-state index contributed by atoms with van der Waals surface area (Å²) in [5.41, 5.74) is 38.3.